The molecule has 0 aliphatic heterocycles. The lowest BCUT2D eigenvalue weighted by Crippen LogP contribution is -2.41. The lowest BCUT2D eigenvalue weighted by molar-refractivity contribution is -0.146. The van der Waals surface area contributed by atoms with E-state index in [4.69, 9.17) is 4.74 Å². The second kappa shape index (κ2) is 9.32. The molecule has 1 aromatic carbocycles. The first-order valence-electron chi connectivity index (χ1n) is 8.87. The first-order valence-corrected chi connectivity index (χ1v) is 9.85. The summed E-state index contributed by atoms with van der Waals surface area (Å²) in [5.41, 5.74) is 2.41. The van der Waals surface area contributed by atoms with Crippen molar-refractivity contribution >= 4 is 34.8 Å². The monoisotopic (exact) mass is 399 g/mol. The molecule has 0 unspecified atom stereocenters. The summed E-state index contributed by atoms with van der Waals surface area (Å²) in [6.45, 7) is 3.57. The predicted octanol–water partition coefficient (Wildman–Crippen LogP) is 2.19. The zero-order chi connectivity index (χ0) is 19.9. The largest absolute Gasteiger partial charge is 0.464 e. The van der Waals surface area contributed by atoms with Crippen molar-refractivity contribution in [3.8, 4) is 0 Å². The van der Waals surface area contributed by atoms with E-state index in [0.717, 1.165) is 10.8 Å². The summed E-state index contributed by atoms with van der Waals surface area (Å²) in [6.07, 6.45) is 3.02. The van der Waals surface area contributed by atoms with Crippen LogP contribution in [-0.2, 0) is 26.6 Å². The number of hydrogen-bond acceptors (Lipinski definition) is 7. The molecule has 146 valence electrons. The van der Waals surface area contributed by atoms with E-state index in [0.29, 0.717) is 11.2 Å². The Hall–Kier alpha value is -2.94. The quantitative estimate of drug-likeness (QED) is 0.352. The van der Waals surface area contributed by atoms with Gasteiger partial charge in [-0.15, -0.1) is 0 Å². The summed E-state index contributed by atoms with van der Waals surface area (Å²) >= 11 is 1.57. The van der Waals surface area contributed by atoms with Crippen LogP contribution in [0, 0.1) is 0 Å². The highest BCUT2D eigenvalue weighted by molar-refractivity contribution is 7.98. The second-order valence-electron chi connectivity index (χ2n) is 6.04. The average Bonchev–Trinajstić information content (AvgIpc) is 3.10. The predicted molar refractivity (Wildman–Crippen MR) is 106 cm³/mol. The third-order valence-electron chi connectivity index (χ3n) is 3.92. The van der Waals surface area contributed by atoms with Crippen molar-refractivity contribution in [2.75, 3.05) is 6.61 Å². The number of rotatable bonds is 8. The summed E-state index contributed by atoms with van der Waals surface area (Å²) in [5, 5.41) is 3.38. The van der Waals surface area contributed by atoms with Crippen molar-refractivity contribution in [2.24, 2.45) is 0 Å². The van der Waals surface area contributed by atoms with Gasteiger partial charge in [0, 0.05) is 5.75 Å². The van der Waals surface area contributed by atoms with Gasteiger partial charge in [-0.2, -0.15) is 0 Å². The topological polar surface area (TPSA) is 99.0 Å². The van der Waals surface area contributed by atoms with Crippen LogP contribution in [0.25, 0.3) is 11.2 Å². The van der Waals surface area contributed by atoms with Gasteiger partial charge in [0.1, 0.15) is 29.5 Å². The van der Waals surface area contributed by atoms with Gasteiger partial charge in [0.15, 0.2) is 5.65 Å². The van der Waals surface area contributed by atoms with Gasteiger partial charge in [0.25, 0.3) is 0 Å². The van der Waals surface area contributed by atoms with Crippen LogP contribution < -0.4 is 5.32 Å². The third kappa shape index (κ3) is 4.86. The lowest BCUT2D eigenvalue weighted by Gasteiger charge is -2.12. The maximum absolute atomic E-state index is 12.3. The molecule has 0 saturated heterocycles. The van der Waals surface area contributed by atoms with Gasteiger partial charge in [-0.05, 0) is 19.4 Å². The van der Waals surface area contributed by atoms with Gasteiger partial charge in [-0.1, -0.05) is 42.1 Å². The lowest BCUT2D eigenvalue weighted by atomic mass is 10.2. The number of benzene rings is 1. The Balaban J connectivity index is 1.68. The fourth-order valence-electron chi connectivity index (χ4n) is 2.57. The number of nitrogens with zero attached hydrogens (tertiary/aromatic N) is 4. The maximum Gasteiger partial charge on any atom is 0.328 e. The molecule has 3 aromatic rings. The van der Waals surface area contributed by atoms with Gasteiger partial charge in [0.05, 0.1) is 12.9 Å². The molecule has 0 saturated carbocycles. The standard InChI is InChI=1S/C19H21N5O3S/c1-3-27-19(26)13(2)23-15(25)9-24-12-22-16-17(24)20-11-21-18(16)28-10-14-7-5-4-6-8-14/h4-8,11-13H,3,9-10H2,1-2H3,(H,23,25)/t13-/m0/s1. The van der Waals surface area contributed by atoms with E-state index >= 15 is 0 Å². The number of imidazole rings is 1. The molecule has 1 amide bonds. The molecule has 0 radical (unpaired) electrons. The highest BCUT2D eigenvalue weighted by Gasteiger charge is 2.18. The number of nitrogens with one attached hydrogen (secondary N) is 1. The zero-order valence-electron chi connectivity index (χ0n) is 15.7. The number of esters is 1. The van der Waals surface area contributed by atoms with E-state index in [1.54, 1.807) is 36.5 Å². The van der Waals surface area contributed by atoms with Crippen molar-refractivity contribution in [1.29, 1.82) is 0 Å². The van der Waals surface area contributed by atoms with Gasteiger partial charge in [-0.25, -0.2) is 19.7 Å². The first kappa shape index (κ1) is 19.8. The normalized spacial score (nSPS) is 11.9. The van der Waals surface area contributed by atoms with Crippen molar-refractivity contribution in [3.05, 3.63) is 48.5 Å². The molecule has 0 bridgehead atoms. The highest BCUT2D eigenvalue weighted by Crippen LogP contribution is 2.26. The number of amides is 1. The Bertz CT molecular complexity index is 961. The minimum Gasteiger partial charge on any atom is -0.464 e. The molecular weight excluding hydrogens is 378 g/mol. The van der Waals surface area contributed by atoms with Gasteiger partial charge < -0.3 is 14.6 Å². The number of thioether (sulfide) groups is 1. The summed E-state index contributed by atoms with van der Waals surface area (Å²) in [4.78, 5) is 36.9. The van der Waals surface area contributed by atoms with Crippen LogP contribution in [0.15, 0.2) is 48.0 Å². The van der Waals surface area contributed by atoms with E-state index in [2.05, 4.69) is 32.4 Å². The van der Waals surface area contributed by atoms with E-state index in [9.17, 15) is 9.59 Å². The van der Waals surface area contributed by atoms with Crippen molar-refractivity contribution < 1.29 is 14.3 Å². The van der Waals surface area contributed by atoms with Crippen LogP contribution in [0.5, 0.6) is 0 Å². The molecule has 2 heterocycles. The summed E-state index contributed by atoms with van der Waals surface area (Å²) in [7, 11) is 0. The molecule has 28 heavy (non-hydrogen) atoms. The van der Waals surface area contributed by atoms with Crippen LogP contribution in [0.2, 0.25) is 0 Å². The van der Waals surface area contributed by atoms with Crippen LogP contribution in [0.4, 0.5) is 0 Å². The molecule has 1 N–H and O–H groups in total. The minimum absolute atomic E-state index is 0.0000499. The highest BCUT2D eigenvalue weighted by atomic mass is 32.2. The number of fused-ring (bicyclic) bond motifs is 1. The SMILES string of the molecule is CCOC(=O)[C@H](C)NC(=O)Cn1cnc2c(SCc3ccccc3)ncnc21. The van der Waals surface area contributed by atoms with E-state index in [1.165, 1.54) is 11.9 Å². The van der Waals surface area contributed by atoms with Crippen molar-refractivity contribution in [2.45, 2.75) is 37.2 Å². The number of carbonyl (C=O) groups excluding carboxylic acids is 2. The fourth-order valence-corrected chi connectivity index (χ4v) is 3.47. The Morgan fingerprint density at radius 1 is 1.21 bits per heavy atom. The molecule has 0 aliphatic carbocycles. The van der Waals surface area contributed by atoms with E-state index in [1.807, 2.05) is 18.2 Å². The minimum atomic E-state index is -0.714. The molecule has 1 atom stereocenters. The number of carbonyl (C=O) groups is 2. The van der Waals surface area contributed by atoms with Gasteiger partial charge >= 0.3 is 5.97 Å². The van der Waals surface area contributed by atoms with Gasteiger partial charge in [0.2, 0.25) is 5.91 Å². The summed E-state index contributed by atoms with van der Waals surface area (Å²) in [5.74, 6) is -0.0256. The average molecular weight is 399 g/mol. The van der Waals surface area contributed by atoms with E-state index < -0.39 is 12.0 Å². The molecule has 3 rings (SSSR count). The Morgan fingerprint density at radius 3 is 2.75 bits per heavy atom. The first-order chi connectivity index (χ1) is 13.6. The van der Waals surface area contributed by atoms with Crippen LogP contribution >= 0.6 is 11.8 Å². The molecule has 2 aromatic heterocycles. The molecular formula is C19H21N5O3S. The molecule has 9 heteroatoms. The molecule has 0 fully saturated rings. The van der Waals surface area contributed by atoms with Crippen molar-refractivity contribution in [3.63, 3.8) is 0 Å². The molecule has 8 nitrogen and oxygen atoms in total. The van der Waals surface area contributed by atoms with Crippen molar-refractivity contribution in [1.82, 2.24) is 24.8 Å². The molecule has 0 aliphatic rings. The van der Waals surface area contributed by atoms with Crippen LogP contribution in [-0.4, -0.2) is 44.0 Å². The zero-order valence-corrected chi connectivity index (χ0v) is 16.5. The second-order valence-corrected chi connectivity index (χ2v) is 7.00. The fraction of sp³-hybridized carbons (Fsp3) is 0.316. The molecule has 0 spiro atoms. The third-order valence-corrected chi connectivity index (χ3v) is 4.97. The Kier molecular flexibility index (Phi) is 6.59. The maximum atomic E-state index is 12.3. The summed E-state index contributed by atoms with van der Waals surface area (Å²) in [6, 6.07) is 9.37. The smallest absolute Gasteiger partial charge is 0.328 e. The van der Waals surface area contributed by atoms with Crippen LogP contribution in [0.1, 0.15) is 19.4 Å². The number of hydrogen-bond donors (Lipinski definition) is 1. The Labute approximate surface area is 166 Å². The van der Waals surface area contributed by atoms with E-state index in [-0.39, 0.29) is 19.1 Å². The summed E-state index contributed by atoms with van der Waals surface area (Å²) < 4.78 is 6.53. The number of aromatic nitrogens is 4. The van der Waals surface area contributed by atoms with Crippen LogP contribution in [0.3, 0.4) is 0 Å². The van der Waals surface area contributed by atoms with Gasteiger partial charge in [-0.3, -0.25) is 4.79 Å². The Morgan fingerprint density at radius 2 is 2.00 bits per heavy atom. The number of ether oxygens (including phenoxy) is 1.